The first-order valence-electron chi connectivity index (χ1n) is 12.1. The molecule has 1 aliphatic heterocycles. The number of rotatable bonds is 19. The number of aliphatic hydroxyl groups is 3. The fourth-order valence-corrected chi connectivity index (χ4v) is 3.89. The van der Waals surface area contributed by atoms with Gasteiger partial charge in [-0.25, -0.2) is 0 Å². The van der Waals surface area contributed by atoms with Gasteiger partial charge in [0.05, 0.1) is 13.2 Å². The molecule has 0 spiro atoms. The monoisotopic (exact) mass is 414 g/mol. The first-order valence-corrected chi connectivity index (χ1v) is 12.1. The molecule has 1 rings (SSSR count). The molecule has 0 amide bonds. The number of ether oxygens (including phenoxy) is 2. The first kappa shape index (κ1) is 26.6. The Hall–Kier alpha value is -0.460. The van der Waals surface area contributed by atoms with Crippen LogP contribution in [0.2, 0.25) is 0 Å². The van der Waals surface area contributed by atoms with Crippen molar-refractivity contribution in [3.63, 3.8) is 0 Å². The van der Waals surface area contributed by atoms with E-state index in [0.717, 1.165) is 19.3 Å². The van der Waals surface area contributed by atoms with E-state index >= 15 is 0 Å². The Balaban J connectivity index is 1.84. The van der Waals surface area contributed by atoms with Crippen molar-refractivity contribution in [2.75, 3.05) is 19.8 Å². The molecule has 0 aliphatic carbocycles. The zero-order valence-corrected chi connectivity index (χ0v) is 18.6. The number of hydrogen-bond acceptors (Lipinski definition) is 5. The molecule has 1 aliphatic rings. The second-order valence-corrected chi connectivity index (χ2v) is 8.36. The van der Waals surface area contributed by atoms with Crippen LogP contribution >= 0.6 is 0 Å². The van der Waals surface area contributed by atoms with Gasteiger partial charge in [0.1, 0.15) is 24.4 Å². The molecule has 0 saturated carbocycles. The van der Waals surface area contributed by atoms with E-state index in [-0.39, 0.29) is 13.2 Å². The summed E-state index contributed by atoms with van der Waals surface area (Å²) in [5.41, 5.74) is 0. The molecule has 0 radical (unpaired) electrons. The Morgan fingerprint density at radius 1 is 0.897 bits per heavy atom. The minimum absolute atomic E-state index is 0.155. The zero-order chi connectivity index (χ0) is 21.2. The number of allylic oxidation sites excluding steroid dienone is 2. The molecule has 0 aromatic rings. The van der Waals surface area contributed by atoms with Gasteiger partial charge in [-0.15, -0.1) is 0 Å². The van der Waals surface area contributed by atoms with Crippen LogP contribution in [-0.4, -0.2) is 59.6 Å². The Kier molecular flexibility index (Phi) is 16.8. The largest absolute Gasteiger partial charge is 0.394 e. The van der Waals surface area contributed by atoms with Crippen molar-refractivity contribution in [2.24, 2.45) is 0 Å². The minimum Gasteiger partial charge on any atom is -0.394 e. The fourth-order valence-electron chi connectivity index (χ4n) is 3.89. The SMILES string of the molecule is CC/C=C/CCCCCCCCCCCCCCO[C@@H]1[C@H]([C@H](O)CO)OC[C@@H]1O. The molecule has 172 valence electrons. The molecule has 29 heavy (non-hydrogen) atoms. The van der Waals surface area contributed by atoms with Crippen molar-refractivity contribution in [3.8, 4) is 0 Å². The summed E-state index contributed by atoms with van der Waals surface area (Å²) in [7, 11) is 0. The maximum absolute atomic E-state index is 9.89. The molecule has 5 nitrogen and oxygen atoms in total. The van der Waals surface area contributed by atoms with Crippen LogP contribution in [0.15, 0.2) is 12.2 Å². The van der Waals surface area contributed by atoms with Crippen LogP contribution in [-0.2, 0) is 9.47 Å². The van der Waals surface area contributed by atoms with Gasteiger partial charge in [-0.05, 0) is 25.7 Å². The second kappa shape index (κ2) is 18.3. The molecule has 4 atom stereocenters. The third kappa shape index (κ3) is 12.7. The Morgan fingerprint density at radius 3 is 2.00 bits per heavy atom. The molecule has 1 saturated heterocycles. The second-order valence-electron chi connectivity index (χ2n) is 8.36. The van der Waals surface area contributed by atoms with Crippen molar-refractivity contribution in [1.29, 1.82) is 0 Å². The summed E-state index contributed by atoms with van der Waals surface area (Å²) in [4.78, 5) is 0. The predicted molar refractivity (Wildman–Crippen MR) is 118 cm³/mol. The average Bonchev–Trinajstić information content (AvgIpc) is 3.10. The van der Waals surface area contributed by atoms with Gasteiger partial charge in [0.15, 0.2) is 0 Å². The smallest absolute Gasteiger partial charge is 0.114 e. The standard InChI is InChI=1S/C24H46O5/c1-2-3-4-5-6-7-8-9-10-11-12-13-14-15-16-17-18-28-24-22(27)20-29-23(24)21(26)19-25/h3-4,21-27H,2,5-20H2,1H3/b4-3+/t21-,22+,23+,24+/m1/s1. The van der Waals surface area contributed by atoms with E-state index in [4.69, 9.17) is 14.6 Å². The van der Waals surface area contributed by atoms with Gasteiger partial charge in [-0.1, -0.05) is 83.3 Å². The lowest BCUT2D eigenvalue weighted by molar-refractivity contribution is -0.0938. The summed E-state index contributed by atoms with van der Waals surface area (Å²) >= 11 is 0. The lowest BCUT2D eigenvalue weighted by atomic mass is 10.0. The highest BCUT2D eigenvalue weighted by Gasteiger charge is 2.40. The third-order valence-electron chi connectivity index (χ3n) is 5.71. The molecule has 0 unspecified atom stereocenters. The summed E-state index contributed by atoms with van der Waals surface area (Å²) in [5.74, 6) is 0. The molecule has 5 heteroatoms. The Morgan fingerprint density at radius 2 is 1.45 bits per heavy atom. The van der Waals surface area contributed by atoms with Gasteiger partial charge in [0.2, 0.25) is 0 Å². The zero-order valence-electron chi connectivity index (χ0n) is 18.6. The van der Waals surface area contributed by atoms with Crippen LogP contribution < -0.4 is 0 Å². The summed E-state index contributed by atoms with van der Waals surface area (Å²) in [6, 6.07) is 0. The van der Waals surface area contributed by atoms with Gasteiger partial charge in [0.25, 0.3) is 0 Å². The van der Waals surface area contributed by atoms with Crippen molar-refractivity contribution in [3.05, 3.63) is 12.2 Å². The van der Waals surface area contributed by atoms with Gasteiger partial charge < -0.3 is 24.8 Å². The lowest BCUT2D eigenvalue weighted by Gasteiger charge is -2.23. The molecule has 3 N–H and O–H groups in total. The van der Waals surface area contributed by atoms with E-state index in [2.05, 4.69) is 19.1 Å². The maximum atomic E-state index is 9.89. The maximum Gasteiger partial charge on any atom is 0.114 e. The van der Waals surface area contributed by atoms with Crippen LogP contribution in [0.5, 0.6) is 0 Å². The predicted octanol–water partition coefficient (Wildman–Crippen LogP) is 4.52. The van der Waals surface area contributed by atoms with Crippen molar-refractivity contribution >= 4 is 0 Å². The average molecular weight is 415 g/mol. The summed E-state index contributed by atoms with van der Waals surface area (Å²) < 4.78 is 11.0. The number of unbranched alkanes of at least 4 members (excludes halogenated alkanes) is 12. The number of hydrogen-bond donors (Lipinski definition) is 3. The van der Waals surface area contributed by atoms with E-state index in [1.165, 1.54) is 70.6 Å². The van der Waals surface area contributed by atoms with Gasteiger partial charge in [-0.3, -0.25) is 0 Å². The molecule has 0 aromatic carbocycles. The van der Waals surface area contributed by atoms with E-state index in [1.807, 2.05) is 0 Å². The van der Waals surface area contributed by atoms with Crippen molar-refractivity contribution in [1.82, 2.24) is 0 Å². The summed E-state index contributed by atoms with van der Waals surface area (Å²) in [5, 5.41) is 28.7. The lowest BCUT2D eigenvalue weighted by Crippen LogP contribution is -2.42. The van der Waals surface area contributed by atoms with Gasteiger partial charge in [-0.2, -0.15) is 0 Å². The van der Waals surface area contributed by atoms with Gasteiger partial charge in [0, 0.05) is 6.61 Å². The molecule has 0 aromatic heterocycles. The fraction of sp³-hybridized carbons (Fsp3) is 0.917. The van der Waals surface area contributed by atoms with E-state index in [1.54, 1.807) is 0 Å². The molecular weight excluding hydrogens is 368 g/mol. The third-order valence-corrected chi connectivity index (χ3v) is 5.71. The number of aliphatic hydroxyl groups excluding tert-OH is 3. The minimum atomic E-state index is -1.000. The van der Waals surface area contributed by atoms with Crippen molar-refractivity contribution in [2.45, 2.75) is 121 Å². The highest BCUT2D eigenvalue weighted by atomic mass is 16.6. The normalized spacial score (nSPS) is 23.2. The molecule has 1 fully saturated rings. The molecule has 1 heterocycles. The van der Waals surface area contributed by atoms with Crippen LogP contribution in [0.1, 0.15) is 96.8 Å². The van der Waals surface area contributed by atoms with Crippen molar-refractivity contribution < 1.29 is 24.8 Å². The summed E-state index contributed by atoms with van der Waals surface area (Å²) in [6.45, 7) is 2.52. The first-order chi connectivity index (χ1) is 14.2. The van der Waals surface area contributed by atoms with Crippen LogP contribution in [0.3, 0.4) is 0 Å². The Labute approximate surface area is 178 Å². The summed E-state index contributed by atoms with van der Waals surface area (Å²) in [6.07, 6.45) is 19.6. The highest BCUT2D eigenvalue weighted by Crippen LogP contribution is 2.21. The quantitative estimate of drug-likeness (QED) is 0.214. The van der Waals surface area contributed by atoms with Crippen LogP contribution in [0.25, 0.3) is 0 Å². The Bertz CT molecular complexity index is 387. The van der Waals surface area contributed by atoms with E-state index in [9.17, 15) is 10.2 Å². The van der Waals surface area contributed by atoms with E-state index < -0.39 is 24.4 Å². The topological polar surface area (TPSA) is 79.2 Å². The molecule has 0 bridgehead atoms. The van der Waals surface area contributed by atoms with Crippen LogP contribution in [0, 0.1) is 0 Å². The highest BCUT2D eigenvalue weighted by molar-refractivity contribution is 4.89. The van der Waals surface area contributed by atoms with Crippen LogP contribution in [0.4, 0.5) is 0 Å². The molecular formula is C24H46O5. The van der Waals surface area contributed by atoms with E-state index in [0.29, 0.717) is 6.61 Å². The van der Waals surface area contributed by atoms with Gasteiger partial charge >= 0.3 is 0 Å².